The molecule has 0 bridgehead atoms. The summed E-state index contributed by atoms with van der Waals surface area (Å²) in [6.07, 6.45) is 2.46. The van der Waals surface area contributed by atoms with Crippen LogP contribution in [-0.2, 0) is 0 Å². The van der Waals surface area contributed by atoms with Crippen molar-refractivity contribution in [1.29, 1.82) is 0 Å². The maximum atomic E-state index is 13.6. The SMILES string of the molecule is CNc1c(F)cccc1C(=O)NCC(C)N1CCCC1. The van der Waals surface area contributed by atoms with E-state index in [9.17, 15) is 9.18 Å². The number of halogens is 1. The van der Waals surface area contributed by atoms with Crippen LogP contribution in [0, 0.1) is 5.82 Å². The summed E-state index contributed by atoms with van der Waals surface area (Å²) in [7, 11) is 1.61. The number of nitrogens with zero attached hydrogens (tertiary/aromatic N) is 1. The largest absolute Gasteiger partial charge is 0.385 e. The van der Waals surface area contributed by atoms with Crippen LogP contribution < -0.4 is 10.6 Å². The average molecular weight is 279 g/mol. The lowest BCUT2D eigenvalue weighted by Crippen LogP contribution is -2.40. The van der Waals surface area contributed by atoms with Crippen molar-refractivity contribution in [2.45, 2.75) is 25.8 Å². The molecule has 1 aromatic carbocycles. The predicted octanol–water partition coefficient (Wildman–Crippen LogP) is 2.08. The van der Waals surface area contributed by atoms with Gasteiger partial charge in [-0.1, -0.05) is 6.07 Å². The van der Waals surface area contributed by atoms with E-state index in [4.69, 9.17) is 0 Å². The van der Waals surface area contributed by atoms with Crippen molar-refractivity contribution >= 4 is 11.6 Å². The van der Waals surface area contributed by atoms with Gasteiger partial charge in [0, 0.05) is 19.6 Å². The fourth-order valence-electron chi connectivity index (χ4n) is 2.61. The van der Waals surface area contributed by atoms with Gasteiger partial charge in [0.25, 0.3) is 5.91 Å². The van der Waals surface area contributed by atoms with Crippen LogP contribution in [0.15, 0.2) is 18.2 Å². The normalized spacial score (nSPS) is 16.9. The molecule has 2 rings (SSSR count). The molecule has 1 saturated heterocycles. The number of hydrogen-bond donors (Lipinski definition) is 2. The average Bonchev–Trinajstić information content (AvgIpc) is 2.98. The zero-order chi connectivity index (χ0) is 14.5. The summed E-state index contributed by atoms with van der Waals surface area (Å²) in [5, 5.41) is 5.63. The second-order valence-corrected chi connectivity index (χ2v) is 5.21. The Balaban J connectivity index is 1.96. The molecule has 0 spiro atoms. The molecule has 1 aromatic rings. The Hall–Kier alpha value is -1.62. The Kier molecular flexibility index (Phi) is 4.95. The van der Waals surface area contributed by atoms with E-state index in [-0.39, 0.29) is 11.6 Å². The van der Waals surface area contributed by atoms with Crippen LogP contribution >= 0.6 is 0 Å². The van der Waals surface area contributed by atoms with E-state index in [1.54, 1.807) is 19.2 Å². The number of para-hydroxylation sites is 1. The molecule has 4 nitrogen and oxygen atoms in total. The van der Waals surface area contributed by atoms with Gasteiger partial charge in [0.2, 0.25) is 0 Å². The minimum atomic E-state index is -0.409. The van der Waals surface area contributed by atoms with Crippen molar-refractivity contribution in [3.05, 3.63) is 29.6 Å². The van der Waals surface area contributed by atoms with E-state index in [2.05, 4.69) is 22.5 Å². The molecular weight excluding hydrogens is 257 g/mol. The molecular formula is C15H22FN3O. The highest BCUT2D eigenvalue weighted by atomic mass is 19.1. The van der Waals surface area contributed by atoms with Gasteiger partial charge in [0.05, 0.1) is 11.3 Å². The van der Waals surface area contributed by atoms with E-state index in [1.165, 1.54) is 18.9 Å². The molecule has 1 aliphatic rings. The van der Waals surface area contributed by atoms with Gasteiger partial charge in [-0.15, -0.1) is 0 Å². The van der Waals surface area contributed by atoms with Gasteiger partial charge in [0.15, 0.2) is 0 Å². The molecule has 110 valence electrons. The van der Waals surface area contributed by atoms with E-state index in [0.29, 0.717) is 18.2 Å². The van der Waals surface area contributed by atoms with Crippen molar-refractivity contribution in [3.8, 4) is 0 Å². The van der Waals surface area contributed by atoms with Crippen LogP contribution in [-0.4, -0.2) is 43.5 Å². The first-order chi connectivity index (χ1) is 9.63. The number of anilines is 1. The monoisotopic (exact) mass is 279 g/mol. The number of amides is 1. The molecule has 0 radical (unpaired) electrons. The lowest BCUT2D eigenvalue weighted by Gasteiger charge is -2.24. The van der Waals surface area contributed by atoms with Gasteiger partial charge < -0.3 is 10.6 Å². The quantitative estimate of drug-likeness (QED) is 0.867. The first kappa shape index (κ1) is 14.8. The third kappa shape index (κ3) is 3.28. The number of benzene rings is 1. The highest BCUT2D eigenvalue weighted by molar-refractivity contribution is 5.99. The molecule has 1 aliphatic heterocycles. The van der Waals surface area contributed by atoms with Gasteiger partial charge in [0.1, 0.15) is 5.82 Å². The minimum absolute atomic E-state index is 0.236. The summed E-state index contributed by atoms with van der Waals surface area (Å²) in [4.78, 5) is 14.5. The van der Waals surface area contributed by atoms with E-state index < -0.39 is 5.82 Å². The van der Waals surface area contributed by atoms with Crippen molar-refractivity contribution in [3.63, 3.8) is 0 Å². The number of hydrogen-bond acceptors (Lipinski definition) is 3. The summed E-state index contributed by atoms with van der Waals surface area (Å²) in [5.41, 5.74) is 0.597. The van der Waals surface area contributed by atoms with E-state index >= 15 is 0 Å². The Morgan fingerprint density at radius 1 is 1.40 bits per heavy atom. The maximum absolute atomic E-state index is 13.6. The number of likely N-dealkylation sites (tertiary alicyclic amines) is 1. The second kappa shape index (κ2) is 6.70. The van der Waals surface area contributed by atoms with Crippen LogP contribution in [0.4, 0.5) is 10.1 Å². The van der Waals surface area contributed by atoms with Gasteiger partial charge >= 0.3 is 0 Å². The fourth-order valence-corrected chi connectivity index (χ4v) is 2.61. The van der Waals surface area contributed by atoms with Crippen LogP contribution in [0.2, 0.25) is 0 Å². The van der Waals surface area contributed by atoms with Crippen molar-refractivity contribution < 1.29 is 9.18 Å². The Morgan fingerprint density at radius 3 is 2.75 bits per heavy atom. The van der Waals surface area contributed by atoms with Crippen molar-refractivity contribution in [2.24, 2.45) is 0 Å². The molecule has 2 N–H and O–H groups in total. The number of carbonyl (C=O) groups excluding carboxylic acids is 1. The molecule has 1 atom stereocenters. The molecule has 1 fully saturated rings. The van der Waals surface area contributed by atoms with Gasteiger partial charge in [-0.25, -0.2) is 4.39 Å². The Morgan fingerprint density at radius 2 is 2.10 bits per heavy atom. The lowest BCUT2D eigenvalue weighted by atomic mass is 10.1. The van der Waals surface area contributed by atoms with E-state index in [0.717, 1.165) is 13.1 Å². The summed E-state index contributed by atoms with van der Waals surface area (Å²) in [5.74, 6) is -0.646. The molecule has 0 aliphatic carbocycles. The van der Waals surface area contributed by atoms with Gasteiger partial charge in [-0.05, 0) is 45.0 Å². The van der Waals surface area contributed by atoms with Gasteiger partial charge in [-0.3, -0.25) is 9.69 Å². The zero-order valence-corrected chi connectivity index (χ0v) is 12.1. The van der Waals surface area contributed by atoms with Crippen molar-refractivity contribution in [1.82, 2.24) is 10.2 Å². The smallest absolute Gasteiger partial charge is 0.253 e. The molecule has 20 heavy (non-hydrogen) atoms. The molecule has 1 unspecified atom stereocenters. The number of carbonyl (C=O) groups is 1. The Bertz CT molecular complexity index is 472. The Labute approximate surface area is 119 Å². The van der Waals surface area contributed by atoms with Gasteiger partial charge in [-0.2, -0.15) is 0 Å². The first-order valence-electron chi connectivity index (χ1n) is 7.12. The summed E-state index contributed by atoms with van der Waals surface area (Å²) >= 11 is 0. The number of rotatable bonds is 5. The van der Waals surface area contributed by atoms with Crippen LogP contribution in [0.5, 0.6) is 0 Å². The second-order valence-electron chi connectivity index (χ2n) is 5.21. The maximum Gasteiger partial charge on any atom is 0.253 e. The van der Waals surface area contributed by atoms with E-state index in [1.807, 2.05) is 0 Å². The van der Waals surface area contributed by atoms with Crippen LogP contribution in [0.25, 0.3) is 0 Å². The predicted molar refractivity (Wildman–Crippen MR) is 78.5 cm³/mol. The van der Waals surface area contributed by atoms with Crippen LogP contribution in [0.1, 0.15) is 30.1 Å². The third-order valence-electron chi connectivity index (χ3n) is 3.83. The number of nitrogens with one attached hydrogen (secondary N) is 2. The van der Waals surface area contributed by atoms with Crippen molar-refractivity contribution in [2.75, 3.05) is 32.0 Å². The molecule has 5 heteroatoms. The summed E-state index contributed by atoms with van der Waals surface area (Å²) < 4.78 is 13.6. The molecule has 1 heterocycles. The molecule has 0 aromatic heterocycles. The lowest BCUT2D eigenvalue weighted by molar-refractivity contribution is 0.0941. The standard InChI is InChI=1S/C15H22FN3O/c1-11(19-8-3-4-9-19)10-18-15(20)12-6-5-7-13(16)14(12)17-2/h5-7,11,17H,3-4,8-10H2,1-2H3,(H,18,20). The third-order valence-corrected chi connectivity index (χ3v) is 3.83. The van der Waals surface area contributed by atoms with Crippen LogP contribution in [0.3, 0.4) is 0 Å². The summed E-state index contributed by atoms with van der Waals surface area (Å²) in [6, 6.07) is 4.84. The summed E-state index contributed by atoms with van der Waals surface area (Å²) in [6.45, 7) is 4.88. The minimum Gasteiger partial charge on any atom is -0.385 e. The highest BCUT2D eigenvalue weighted by Crippen LogP contribution is 2.19. The fraction of sp³-hybridized carbons (Fsp3) is 0.533. The molecule has 0 saturated carbocycles. The zero-order valence-electron chi connectivity index (χ0n) is 12.1. The molecule has 1 amide bonds. The first-order valence-corrected chi connectivity index (χ1v) is 7.12. The topological polar surface area (TPSA) is 44.4 Å². The highest BCUT2D eigenvalue weighted by Gasteiger charge is 2.19.